The zero-order chi connectivity index (χ0) is 11.0. The van der Waals surface area contributed by atoms with E-state index in [2.05, 4.69) is 4.98 Å². The molecule has 0 aromatic carbocycles. The van der Waals surface area contributed by atoms with E-state index in [0.717, 1.165) is 12.8 Å². The predicted molar refractivity (Wildman–Crippen MR) is 53.3 cm³/mol. The Morgan fingerprint density at radius 2 is 2.20 bits per heavy atom. The van der Waals surface area contributed by atoms with Gasteiger partial charge in [-0.2, -0.15) is 5.26 Å². The van der Waals surface area contributed by atoms with Crippen LogP contribution in [0.5, 0.6) is 0 Å². The third kappa shape index (κ3) is 1.90. The SMILES string of the molecule is N#Cc1c(C2CC2)cc(C(F)F)[nH]c1=S. The van der Waals surface area contributed by atoms with Gasteiger partial charge in [0, 0.05) is 0 Å². The summed E-state index contributed by atoms with van der Waals surface area (Å²) in [5.74, 6) is 0.244. The van der Waals surface area contributed by atoms with Crippen LogP contribution in [0.25, 0.3) is 0 Å². The van der Waals surface area contributed by atoms with E-state index < -0.39 is 6.43 Å². The molecule has 0 spiro atoms. The maximum Gasteiger partial charge on any atom is 0.278 e. The summed E-state index contributed by atoms with van der Waals surface area (Å²) in [6.07, 6.45) is -0.663. The minimum Gasteiger partial charge on any atom is -0.344 e. The second-order valence-corrected chi connectivity index (χ2v) is 3.98. The molecule has 0 bridgehead atoms. The summed E-state index contributed by atoms with van der Waals surface area (Å²) in [7, 11) is 0. The lowest BCUT2D eigenvalue weighted by Crippen LogP contribution is -1.98. The number of nitrogens with one attached hydrogen (secondary N) is 1. The van der Waals surface area contributed by atoms with E-state index in [4.69, 9.17) is 17.5 Å². The molecule has 1 aromatic heterocycles. The van der Waals surface area contributed by atoms with Gasteiger partial charge < -0.3 is 4.98 Å². The molecule has 1 aliphatic rings. The van der Waals surface area contributed by atoms with Gasteiger partial charge in [-0.25, -0.2) is 8.78 Å². The van der Waals surface area contributed by atoms with Crippen LogP contribution in [0.2, 0.25) is 0 Å². The topological polar surface area (TPSA) is 39.6 Å². The van der Waals surface area contributed by atoms with Crippen LogP contribution < -0.4 is 0 Å². The summed E-state index contributed by atoms with van der Waals surface area (Å²) in [5.41, 5.74) is 0.828. The maximum absolute atomic E-state index is 12.5. The van der Waals surface area contributed by atoms with Crippen molar-refractivity contribution in [2.75, 3.05) is 0 Å². The van der Waals surface area contributed by atoms with Crippen molar-refractivity contribution in [2.45, 2.75) is 25.2 Å². The number of aromatic nitrogens is 1. The molecule has 5 heteroatoms. The lowest BCUT2D eigenvalue weighted by molar-refractivity contribution is 0.146. The summed E-state index contributed by atoms with van der Waals surface area (Å²) in [4.78, 5) is 2.39. The summed E-state index contributed by atoms with van der Waals surface area (Å²) < 4.78 is 25.1. The van der Waals surface area contributed by atoms with Gasteiger partial charge in [0.1, 0.15) is 10.7 Å². The highest BCUT2D eigenvalue weighted by molar-refractivity contribution is 7.71. The molecule has 1 aromatic rings. The molecule has 1 N–H and O–H groups in total. The second-order valence-electron chi connectivity index (χ2n) is 3.57. The predicted octanol–water partition coefficient (Wildman–Crippen LogP) is 3.43. The number of pyridine rings is 1. The monoisotopic (exact) mass is 226 g/mol. The van der Waals surface area contributed by atoms with Gasteiger partial charge in [-0.15, -0.1) is 0 Å². The standard InChI is InChI=1S/C10H8F2N2S/c11-9(12)8-3-6(5-1-2-5)7(4-13)10(15)14-8/h3,5,9H,1-2H2,(H,14,15). The van der Waals surface area contributed by atoms with Crippen LogP contribution in [0.15, 0.2) is 6.07 Å². The Bertz CT molecular complexity index is 483. The summed E-state index contributed by atoms with van der Waals surface area (Å²) in [5, 5.41) is 8.88. The lowest BCUT2D eigenvalue weighted by Gasteiger charge is -2.06. The molecule has 15 heavy (non-hydrogen) atoms. The third-order valence-corrected chi connectivity index (χ3v) is 2.75. The van der Waals surface area contributed by atoms with Crippen molar-refractivity contribution in [1.29, 1.82) is 5.26 Å². The first-order valence-corrected chi connectivity index (χ1v) is 4.99. The molecule has 0 radical (unpaired) electrons. The van der Waals surface area contributed by atoms with Crippen LogP contribution in [0.1, 0.15) is 42.0 Å². The van der Waals surface area contributed by atoms with Gasteiger partial charge in [0.25, 0.3) is 6.43 Å². The van der Waals surface area contributed by atoms with Crippen molar-refractivity contribution < 1.29 is 8.78 Å². The fourth-order valence-electron chi connectivity index (χ4n) is 1.55. The molecule has 0 unspecified atom stereocenters. The smallest absolute Gasteiger partial charge is 0.278 e. The largest absolute Gasteiger partial charge is 0.344 e. The highest BCUT2D eigenvalue weighted by Crippen LogP contribution is 2.42. The Labute approximate surface area is 90.6 Å². The fourth-order valence-corrected chi connectivity index (χ4v) is 1.83. The van der Waals surface area contributed by atoms with Crippen LogP contribution in [0, 0.1) is 16.0 Å². The van der Waals surface area contributed by atoms with Gasteiger partial charge in [0.2, 0.25) is 0 Å². The molecular weight excluding hydrogens is 218 g/mol. The van der Waals surface area contributed by atoms with Crippen molar-refractivity contribution in [3.63, 3.8) is 0 Å². The first-order valence-electron chi connectivity index (χ1n) is 4.59. The molecule has 1 heterocycles. The highest BCUT2D eigenvalue weighted by Gasteiger charge is 2.28. The summed E-state index contributed by atoms with van der Waals surface area (Å²) in [6.45, 7) is 0. The number of halogens is 2. The molecule has 2 rings (SSSR count). The van der Waals surface area contributed by atoms with Gasteiger partial charge in [0.15, 0.2) is 0 Å². The van der Waals surface area contributed by atoms with Crippen molar-refractivity contribution in [1.82, 2.24) is 4.98 Å². The molecular formula is C10H8F2N2S. The Balaban J connectivity index is 2.59. The average molecular weight is 226 g/mol. The maximum atomic E-state index is 12.5. The normalized spacial score (nSPS) is 15.3. The number of hydrogen-bond acceptors (Lipinski definition) is 2. The molecule has 0 amide bonds. The molecule has 0 saturated heterocycles. The Morgan fingerprint density at radius 1 is 1.53 bits per heavy atom. The van der Waals surface area contributed by atoms with E-state index in [-0.39, 0.29) is 16.3 Å². The minimum atomic E-state index is -2.57. The fraction of sp³-hybridized carbons (Fsp3) is 0.400. The van der Waals surface area contributed by atoms with Gasteiger partial charge in [-0.3, -0.25) is 0 Å². The van der Waals surface area contributed by atoms with Crippen LogP contribution >= 0.6 is 12.2 Å². The Morgan fingerprint density at radius 3 is 2.67 bits per heavy atom. The molecule has 1 fully saturated rings. The van der Waals surface area contributed by atoms with Gasteiger partial charge >= 0.3 is 0 Å². The van der Waals surface area contributed by atoms with Crippen molar-refractivity contribution in [3.8, 4) is 6.07 Å². The molecule has 1 saturated carbocycles. The minimum absolute atomic E-state index is 0.122. The van der Waals surface area contributed by atoms with E-state index in [9.17, 15) is 8.78 Å². The number of aromatic amines is 1. The summed E-state index contributed by atoms with van der Waals surface area (Å²) in [6, 6.07) is 3.34. The molecule has 2 nitrogen and oxygen atoms in total. The van der Waals surface area contributed by atoms with E-state index in [1.807, 2.05) is 6.07 Å². The Kier molecular flexibility index (Phi) is 2.53. The van der Waals surface area contributed by atoms with Crippen molar-refractivity contribution in [2.24, 2.45) is 0 Å². The van der Waals surface area contributed by atoms with Crippen molar-refractivity contribution >= 4 is 12.2 Å². The first-order chi connectivity index (χ1) is 7.13. The van der Waals surface area contributed by atoms with Crippen LogP contribution in [0.4, 0.5) is 8.78 Å². The van der Waals surface area contributed by atoms with E-state index in [1.165, 1.54) is 6.07 Å². The number of alkyl halides is 2. The van der Waals surface area contributed by atoms with Crippen molar-refractivity contribution in [3.05, 3.63) is 27.5 Å². The van der Waals surface area contributed by atoms with E-state index in [0.29, 0.717) is 11.1 Å². The van der Waals surface area contributed by atoms with Gasteiger partial charge in [-0.05, 0) is 30.4 Å². The molecule has 1 aliphatic carbocycles. The molecule has 0 aliphatic heterocycles. The molecule has 78 valence electrons. The lowest BCUT2D eigenvalue weighted by atomic mass is 10.1. The Hall–Kier alpha value is -1.28. The number of nitrogens with zero attached hydrogens (tertiary/aromatic N) is 1. The zero-order valence-electron chi connectivity index (χ0n) is 7.76. The number of hydrogen-bond donors (Lipinski definition) is 1. The molecule has 0 atom stereocenters. The first kappa shape index (κ1) is 10.2. The number of rotatable bonds is 2. The van der Waals surface area contributed by atoms with Gasteiger partial charge in [-0.1, -0.05) is 12.2 Å². The second kappa shape index (κ2) is 3.70. The number of H-pyrrole nitrogens is 1. The quantitative estimate of drug-likeness (QED) is 0.785. The van der Waals surface area contributed by atoms with Crippen LogP contribution in [0.3, 0.4) is 0 Å². The zero-order valence-corrected chi connectivity index (χ0v) is 8.57. The third-order valence-electron chi connectivity index (χ3n) is 2.45. The number of nitriles is 1. The van der Waals surface area contributed by atoms with Gasteiger partial charge in [0.05, 0.1) is 11.3 Å². The van der Waals surface area contributed by atoms with Crippen LogP contribution in [-0.2, 0) is 0 Å². The van der Waals surface area contributed by atoms with E-state index >= 15 is 0 Å². The van der Waals surface area contributed by atoms with Crippen LogP contribution in [-0.4, -0.2) is 4.98 Å². The highest BCUT2D eigenvalue weighted by atomic mass is 32.1. The van der Waals surface area contributed by atoms with E-state index in [1.54, 1.807) is 0 Å². The summed E-state index contributed by atoms with van der Waals surface area (Å²) >= 11 is 4.88. The average Bonchev–Trinajstić information content (AvgIpc) is 2.99.